The van der Waals surface area contributed by atoms with Crippen LogP contribution in [0.3, 0.4) is 0 Å². The molecule has 2 heterocycles. The van der Waals surface area contributed by atoms with Gasteiger partial charge in [-0.1, -0.05) is 69.7 Å². The van der Waals surface area contributed by atoms with Gasteiger partial charge in [-0.25, -0.2) is 9.67 Å². The van der Waals surface area contributed by atoms with E-state index in [-0.39, 0.29) is 12.6 Å². The first-order valence-corrected chi connectivity index (χ1v) is 16.4. The molecule has 0 spiro atoms. The molecular weight excluding hydrogens is 481 g/mol. The number of pyridine rings is 1. The summed E-state index contributed by atoms with van der Waals surface area (Å²) in [5, 5.41) is 4.11. The number of halogens is 3. The predicted octanol–water partition coefficient (Wildman–Crippen LogP) is 7.63. The summed E-state index contributed by atoms with van der Waals surface area (Å²) < 4.78 is 47.0. The summed E-state index contributed by atoms with van der Waals surface area (Å²) >= 11 is 0. The third-order valence-electron chi connectivity index (χ3n) is 6.83. The molecule has 1 fully saturated rings. The average molecular weight is 517 g/mol. The highest BCUT2D eigenvalue weighted by molar-refractivity contribution is 6.76. The Kier molecular flexibility index (Phi) is 7.99. The molecule has 1 aliphatic rings. The highest BCUT2D eigenvalue weighted by Crippen LogP contribution is 2.35. The van der Waals surface area contributed by atoms with E-state index in [1.165, 1.54) is 25.7 Å². The van der Waals surface area contributed by atoms with Crippen molar-refractivity contribution >= 4 is 8.07 Å². The van der Waals surface area contributed by atoms with Gasteiger partial charge in [0.05, 0.1) is 0 Å². The molecule has 1 aliphatic carbocycles. The monoisotopic (exact) mass is 516 g/mol. The van der Waals surface area contributed by atoms with E-state index in [0.29, 0.717) is 18.1 Å². The van der Waals surface area contributed by atoms with Gasteiger partial charge in [0.25, 0.3) is 0 Å². The van der Waals surface area contributed by atoms with Crippen molar-refractivity contribution in [1.29, 1.82) is 0 Å². The Morgan fingerprint density at radius 1 is 0.944 bits per heavy atom. The number of hydrogen-bond acceptors (Lipinski definition) is 4. The maximum absolute atomic E-state index is 13.6. The van der Waals surface area contributed by atoms with E-state index in [0.717, 1.165) is 33.5 Å². The third-order valence-corrected chi connectivity index (χ3v) is 8.54. The fourth-order valence-corrected chi connectivity index (χ4v) is 5.24. The minimum atomic E-state index is -4.61. The van der Waals surface area contributed by atoms with Crippen molar-refractivity contribution in [2.24, 2.45) is 5.92 Å². The van der Waals surface area contributed by atoms with Crippen molar-refractivity contribution in [2.75, 3.05) is 6.61 Å². The summed E-state index contributed by atoms with van der Waals surface area (Å²) in [6.45, 7) is 9.01. The van der Waals surface area contributed by atoms with E-state index in [2.05, 4.69) is 48.8 Å². The SMILES string of the molecule is CC1CCC(c2ccc(-c3ccc(-c4nc(C(F)(F)F)n(COCC[Si](C)(C)C)n4)cc3)cn2)CC1. The van der Waals surface area contributed by atoms with E-state index < -0.39 is 20.1 Å². The summed E-state index contributed by atoms with van der Waals surface area (Å²) in [5.41, 5.74) is 3.58. The lowest BCUT2D eigenvalue weighted by atomic mass is 9.81. The van der Waals surface area contributed by atoms with E-state index >= 15 is 0 Å². The lowest BCUT2D eigenvalue weighted by Crippen LogP contribution is -2.23. The molecule has 1 aromatic carbocycles. The number of alkyl halides is 3. The number of rotatable bonds is 8. The molecule has 5 nitrogen and oxygen atoms in total. The first-order valence-electron chi connectivity index (χ1n) is 12.7. The average Bonchev–Trinajstić information content (AvgIpc) is 3.27. The summed E-state index contributed by atoms with van der Waals surface area (Å²) in [5.74, 6) is 0.310. The Hall–Kier alpha value is -2.52. The molecule has 2 aromatic heterocycles. The van der Waals surface area contributed by atoms with E-state index in [1.807, 2.05) is 18.3 Å². The smallest absolute Gasteiger partial charge is 0.359 e. The van der Waals surface area contributed by atoms with Crippen LogP contribution >= 0.6 is 0 Å². The number of aromatic nitrogens is 4. The highest BCUT2D eigenvalue weighted by Gasteiger charge is 2.38. The molecule has 0 aliphatic heterocycles. The largest absolute Gasteiger partial charge is 0.451 e. The fraction of sp³-hybridized carbons (Fsp3) is 0.519. The van der Waals surface area contributed by atoms with Gasteiger partial charge < -0.3 is 4.74 Å². The fourth-order valence-electron chi connectivity index (χ4n) is 4.48. The molecule has 0 radical (unpaired) electrons. The van der Waals surface area contributed by atoms with Crippen molar-refractivity contribution in [1.82, 2.24) is 19.7 Å². The van der Waals surface area contributed by atoms with Crippen LogP contribution in [0, 0.1) is 5.92 Å². The second-order valence-electron chi connectivity index (χ2n) is 11.1. The maximum atomic E-state index is 13.6. The van der Waals surface area contributed by atoms with Gasteiger partial charge in [-0.05, 0) is 36.4 Å². The molecular formula is C27H35F3N4OSi. The van der Waals surface area contributed by atoms with Gasteiger partial charge in [0.2, 0.25) is 5.82 Å². The minimum Gasteiger partial charge on any atom is -0.359 e. The van der Waals surface area contributed by atoms with Crippen molar-refractivity contribution in [2.45, 2.75) is 77.1 Å². The van der Waals surface area contributed by atoms with Crippen LogP contribution in [-0.4, -0.2) is 34.4 Å². The van der Waals surface area contributed by atoms with Crippen LogP contribution in [0.1, 0.15) is 50.0 Å². The van der Waals surface area contributed by atoms with E-state index in [4.69, 9.17) is 9.72 Å². The molecule has 194 valence electrons. The summed E-state index contributed by atoms with van der Waals surface area (Å²) in [7, 11) is -1.34. The molecule has 36 heavy (non-hydrogen) atoms. The van der Waals surface area contributed by atoms with E-state index in [9.17, 15) is 13.2 Å². The Balaban J connectivity index is 1.46. The molecule has 0 amide bonds. The van der Waals surface area contributed by atoms with E-state index in [1.54, 1.807) is 12.1 Å². The molecule has 0 saturated heterocycles. The minimum absolute atomic E-state index is 0.0303. The van der Waals surface area contributed by atoms with Crippen molar-refractivity contribution in [3.05, 3.63) is 54.1 Å². The molecule has 0 unspecified atom stereocenters. The molecule has 0 atom stereocenters. The van der Waals surface area contributed by atoms with Crippen LogP contribution in [0.25, 0.3) is 22.5 Å². The topological polar surface area (TPSA) is 52.8 Å². The lowest BCUT2D eigenvalue weighted by molar-refractivity contribution is -0.150. The van der Waals surface area contributed by atoms with Crippen molar-refractivity contribution < 1.29 is 17.9 Å². The van der Waals surface area contributed by atoms with Gasteiger partial charge in [0.1, 0.15) is 6.73 Å². The van der Waals surface area contributed by atoms with Crippen molar-refractivity contribution in [3.8, 4) is 22.5 Å². The van der Waals surface area contributed by atoms with Gasteiger partial charge in [-0.15, -0.1) is 5.10 Å². The van der Waals surface area contributed by atoms with Gasteiger partial charge in [0, 0.05) is 43.6 Å². The van der Waals surface area contributed by atoms with Crippen LogP contribution in [0.2, 0.25) is 25.7 Å². The summed E-state index contributed by atoms with van der Waals surface area (Å²) in [6.07, 6.45) is 2.14. The number of hydrogen-bond donors (Lipinski definition) is 0. The molecule has 0 N–H and O–H groups in total. The normalized spacial score (nSPS) is 19.0. The number of ether oxygens (including phenoxy) is 1. The first-order chi connectivity index (χ1) is 17.0. The number of nitrogens with zero attached hydrogens (tertiary/aromatic N) is 4. The zero-order chi connectivity index (χ0) is 25.9. The van der Waals surface area contributed by atoms with Crippen LogP contribution in [0.5, 0.6) is 0 Å². The molecule has 3 aromatic rings. The highest BCUT2D eigenvalue weighted by atomic mass is 28.3. The van der Waals surface area contributed by atoms with Gasteiger partial charge in [-0.2, -0.15) is 13.2 Å². The second-order valence-corrected chi connectivity index (χ2v) is 16.7. The Morgan fingerprint density at radius 2 is 1.58 bits per heavy atom. The van der Waals surface area contributed by atoms with Crippen LogP contribution in [0.15, 0.2) is 42.6 Å². The number of benzene rings is 1. The van der Waals surface area contributed by atoms with Crippen molar-refractivity contribution in [3.63, 3.8) is 0 Å². The summed E-state index contributed by atoms with van der Waals surface area (Å²) in [6, 6.07) is 12.3. The van der Waals surface area contributed by atoms with Crippen LogP contribution < -0.4 is 0 Å². The third kappa shape index (κ3) is 6.82. The Morgan fingerprint density at radius 3 is 2.17 bits per heavy atom. The van der Waals surface area contributed by atoms with Gasteiger partial charge in [0.15, 0.2) is 5.82 Å². The lowest BCUT2D eigenvalue weighted by Gasteiger charge is -2.25. The molecule has 0 bridgehead atoms. The predicted molar refractivity (Wildman–Crippen MR) is 138 cm³/mol. The Labute approximate surface area is 212 Å². The first kappa shape index (κ1) is 26.5. The second kappa shape index (κ2) is 10.8. The quantitative estimate of drug-likeness (QED) is 0.228. The molecule has 9 heteroatoms. The zero-order valence-corrected chi connectivity index (χ0v) is 22.5. The van der Waals surface area contributed by atoms with Gasteiger partial charge in [-0.3, -0.25) is 4.98 Å². The summed E-state index contributed by atoms with van der Waals surface area (Å²) in [4.78, 5) is 8.51. The maximum Gasteiger partial charge on any atom is 0.451 e. The molecule has 4 rings (SSSR count). The van der Waals surface area contributed by atoms with Crippen LogP contribution in [0.4, 0.5) is 13.2 Å². The standard InChI is InChI=1S/C27H35F3N4OSi/c1-19-5-7-21(8-6-19)24-14-13-23(17-31-24)20-9-11-22(12-10-20)25-32-26(27(28,29)30)34(33-25)18-35-15-16-36(2,3)4/h9-14,17,19,21H,5-8,15-16,18H2,1-4H3. The molecule has 1 saturated carbocycles. The van der Waals surface area contributed by atoms with Gasteiger partial charge >= 0.3 is 6.18 Å². The Bertz CT molecular complexity index is 1130. The van der Waals surface area contributed by atoms with Crippen LogP contribution in [-0.2, 0) is 17.6 Å². The zero-order valence-electron chi connectivity index (χ0n) is 21.5.